The first-order valence-electron chi connectivity index (χ1n) is 6.60. The maximum absolute atomic E-state index is 4.51. The van der Waals surface area contributed by atoms with Crippen LogP contribution in [0.25, 0.3) is 10.9 Å². The highest BCUT2D eigenvalue weighted by molar-refractivity contribution is 5.90. The second-order valence-corrected chi connectivity index (χ2v) is 4.83. The van der Waals surface area contributed by atoms with E-state index in [1.807, 2.05) is 17.9 Å². The summed E-state index contributed by atoms with van der Waals surface area (Å²) in [6, 6.07) is 2.09. The summed E-state index contributed by atoms with van der Waals surface area (Å²) in [5, 5.41) is 12.1. The Bertz CT molecular complexity index is 556. The zero-order valence-corrected chi connectivity index (χ0v) is 10.9. The van der Waals surface area contributed by atoms with Gasteiger partial charge in [0.05, 0.1) is 10.9 Å². The average molecular weight is 245 g/mol. The maximum Gasteiger partial charge on any atom is 0.157 e. The molecule has 2 aromatic heterocycles. The van der Waals surface area contributed by atoms with E-state index in [1.165, 1.54) is 12.8 Å². The molecule has 18 heavy (non-hydrogen) atoms. The number of pyridine rings is 1. The number of fused-ring (bicyclic) bond motifs is 1. The van der Waals surface area contributed by atoms with Crippen LogP contribution in [0.1, 0.15) is 19.8 Å². The van der Waals surface area contributed by atoms with E-state index in [9.17, 15) is 0 Å². The summed E-state index contributed by atoms with van der Waals surface area (Å²) in [4.78, 5) is 4.46. The van der Waals surface area contributed by atoms with Crippen molar-refractivity contribution in [2.75, 3.05) is 24.2 Å². The number of aryl methyl sites for hydroxylation is 1. The molecule has 0 radical (unpaired) electrons. The fourth-order valence-electron chi connectivity index (χ4n) is 2.16. The fraction of sp³-hybridized carbons (Fsp3) is 0.538. The Balaban J connectivity index is 1.93. The largest absolute Gasteiger partial charge is 0.371 e. The molecule has 0 atom stereocenters. The van der Waals surface area contributed by atoms with E-state index in [0.717, 1.165) is 41.5 Å². The maximum atomic E-state index is 4.51. The van der Waals surface area contributed by atoms with Crippen LogP contribution in [0.4, 0.5) is 11.6 Å². The summed E-state index contributed by atoms with van der Waals surface area (Å²) in [5.74, 6) is 2.70. The van der Waals surface area contributed by atoms with E-state index in [1.54, 1.807) is 0 Å². The molecule has 0 unspecified atom stereocenters. The topological polar surface area (TPSA) is 54.8 Å². The normalized spacial score (nSPS) is 15.0. The molecule has 1 fully saturated rings. The molecule has 0 amide bonds. The van der Waals surface area contributed by atoms with Crippen LogP contribution in [0.15, 0.2) is 12.3 Å². The molecule has 2 N–H and O–H groups in total. The van der Waals surface area contributed by atoms with Gasteiger partial charge in [0.25, 0.3) is 0 Å². The molecule has 0 bridgehead atoms. The number of nitrogens with zero attached hydrogens (tertiary/aromatic N) is 3. The van der Waals surface area contributed by atoms with Gasteiger partial charge in [-0.05, 0) is 25.7 Å². The lowest BCUT2D eigenvalue weighted by Gasteiger charge is -2.05. The highest BCUT2D eigenvalue weighted by Crippen LogP contribution is 2.29. The molecule has 0 spiro atoms. The summed E-state index contributed by atoms with van der Waals surface area (Å²) in [6.07, 6.45) is 4.60. The standard InChI is InChI=1S/C13H19N5/c1-3-18-11-6-12(15-7-9-4-5-9)16-8-10(11)13(14-2)17-18/h6,8-9H,3-5,7H2,1-2H3,(H,14,17)(H,15,16). The van der Waals surface area contributed by atoms with E-state index in [2.05, 4.69) is 33.7 Å². The quantitative estimate of drug-likeness (QED) is 0.848. The molecule has 1 aliphatic rings. The molecule has 0 aromatic carbocycles. The summed E-state index contributed by atoms with van der Waals surface area (Å²) in [5.41, 5.74) is 1.13. The number of hydrogen-bond acceptors (Lipinski definition) is 4. The monoisotopic (exact) mass is 245 g/mol. The molecular weight excluding hydrogens is 226 g/mol. The van der Waals surface area contributed by atoms with Crippen molar-refractivity contribution >= 4 is 22.5 Å². The van der Waals surface area contributed by atoms with E-state index >= 15 is 0 Å². The Morgan fingerprint density at radius 1 is 1.44 bits per heavy atom. The van der Waals surface area contributed by atoms with Crippen molar-refractivity contribution < 1.29 is 0 Å². The number of anilines is 2. The Morgan fingerprint density at radius 3 is 2.94 bits per heavy atom. The van der Waals surface area contributed by atoms with Crippen LogP contribution in [0.3, 0.4) is 0 Å². The van der Waals surface area contributed by atoms with Crippen LogP contribution in [-0.2, 0) is 6.54 Å². The molecule has 96 valence electrons. The van der Waals surface area contributed by atoms with Gasteiger partial charge < -0.3 is 10.6 Å². The molecule has 3 rings (SSSR count). The molecule has 0 saturated heterocycles. The molecule has 1 aliphatic carbocycles. The SMILES string of the molecule is CCn1nc(NC)c2cnc(NCC3CC3)cc21. The Labute approximate surface area is 107 Å². The lowest BCUT2D eigenvalue weighted by atomic mass is 10.3. The van der Waals surface area contributed by atoms with Crippen LogP contribution >= 0.6 is 0 Å². The Hall–Kier alpha value is -1.78. The van der Waals surface area contributed by atoms with Crippen LogP contribution in [0.5, 0.6) is 0 Å². The van der Waals surface area contributed by atoms with Gasteiger partial charge in [0.2, 0.25) is 0 Å². The van der Waals surface area contributed by atoms with Crippen LogP contribution in [0.2, 0.25) is 0 Å². The van der Waals surface area contributed by atoms with Crippen LogP contribution < -0.4 is 10.6 Å². The van der Waals surface area contributed by atoms with Crippen LogP contribution in [-0.4, -0.2) is 28.4 Å². The van der Waals surface area contributed by atoms with Gasteiger partial charge in [0.15, 0.2) is 5.82 Å². The minimum atomic E-state index is 0.853. The van der Waals surface area contributed by atoms with E-state index < -0.39 is 0 Å². The van der Waals surface area contributed by atoms with Crippen molar-refractivity contribution in [1.82, 2.24) is 14.8 Å². The van der Waals surface area contributed by atoms with Gasteiger partial charge in [0, 0.05) is 32.4 Å². The smallest absolute Gasteiger partial charge is 0.157 e. The highest BCUT2D eigenvalue weighted by Gasteiger charge is 2.21. The fourth-order valence-corrected chi connectivity index (χ4v) is 2.16. The molecule has 5 heteroatoms. The number of nitrogens with one attached hydrogen (secondary N) is 2. The molecule has 1 saturated carbocycles. The van der Waals surface area contributed by atoms with E-state index in [0.29, 0.717) is 0 Å². The zero-order chi connectivity index (χ0) is 12.5. The second-order valence-electron chi connectivity index (χ2n) is 4.83. The van der Waals surface area contributed by atoms with Crippen molar-refractivity contribution in [2.45, 2.75) is 26.3 Å². The van der Waals surface area contributed by atoms with Gasteiger partial charge in [-0.3, -0.25) is 4.68 Å². The average Bonchev–Trinajstić information content (AvgIpc) is 3.16. The first kappa shape index (κ1) is 11.3. The third kappa shape index (κ3) is 2.00. The number of rotatable bonds is 5. The van der Waals surface area contributed by atoms with Crippen molar-refractivity contribution in [3.8, 4) is 0 Å². The minimum Gasteiger partial charge on any atom is -0.371 e. The first-order valence-corrected chi connectivity index (χ1v) is 6.60. The summed E-state index contributed by atoms with van der Waals surface area (Å²) >= 11 is 0. The first-order chi connectivity index (χ1) is 8.81. The third-order valence-electron chi connectivity index (χ3n) is 3.44. The second kappa shape index (κ2) is 4.48. The van der Waals surface area contributed by atoms with Gasteiger partial charge >= 0.3 is 0 Å². The predicted molar refractivity (Wildman–Crippen MR) is 74.0 cm³/mol. The van der Waals surface area contributed by atoms with Crippen LogP contribution in [0, 0.1) is 5.92 Å². The minimum absolute atomic E-state index is 0.853. The highest BCUT2D eigenvalue weighted by atomic mass is 15.3. The number of aromatic nitrogens is 3. The number of hydrogen-bond donors (Lipinski definition) is 2. The Morgan fingerprint density at radius 2 is 2.28 bits per heavy atom. The van der Waals surface area contributed by atoms with Gasteiger partial charge in [-0.15, -0.1) is 0 Å². The van der Waals surface area contributed by atoms with Gasteiger partial charge in [-0.2, -0.15) is 5.10 Å². The van der Waals surface area contributed by atoms with Gasteiger partial charge in [0.1, 0.15) is 5.82 Å². The zero-order valence-electron chi connectivity index (χ0n) is 10.9. The van der Waals surface area contributed by atoms with E-state index in [4.69, 9.17) is 0 Å². The van der Waals surface area contributed by atoms with Crippen molar-refractivity contribution in [1.29, 1.82) is 0 Å². The third-order valence-corrected chi connectivity index (χ3v) is 3.44. The van der Waals surface area contributed by atoms with Crippen molar-refractivity contribution in [3.05, 3.63) is 12.3 Å². The summed E-state index contributed by atoms with van der Waals surface area (Å²) in [6.45, 7) is 4.01. The summed E-state index contributed by atoms with van der Waals surface area (Å²) < 4.78 is 2.01. The van der Waals surface area contributed by atoms with Gasteiger partial charge in [-0.25, -0.2) is 4.98 Å². The summed E-state index contributed by atoms with van der Waals surface area (Å²) in [7, 11) is 1.89. The van der Waals surface area contributed by atoms with Gasteiger partial charge in [-0.1, -0.05) is 0 Å². The Kier molecular flexibility index (Phi) is 2.81. The lowest BCUT2D eigenvalue weighted by molar-refractivity contribution is 0.686. The molecule has 5 nitrogen and oxygen atoms in total. The van der Waals surface area contributed by atoms with Crippen molar-refractivity contribution in [3.63, 3.8) is 0 Å². The predicted octanol–water partition coefficient (Wildman–Crippen LogP) is 2.31. The molecule has 0 aliphatic heterocycles. The van der Waals surface area contributed by atoms with Crippen molar-refractivity contribution in [2.24, 2.45) is 5.92 Å². The van der Waals surface area contributed by atoms with E-state index in [-0.39, 0.29) is 0 Å². The molecule has 2 heterocycles. The molecular formula is C13H19N5. The lowest BCUT2D eigenvalue weighted by Crippen LogP contribution is -2.05. The molecule has 2 aromatic rings.